The summed E-state index contributed by atoms with van der Waals surface area (Å²) in [5, 5.41) is 5.66. The van der Waals surface area contributed by atoms with Crippen molar-refractivity contribution < 1.29 is 23.2 Å². The van der Waals surface area contributed by atoms with Crippen molar-refractivity contribution in [3.05, 3.63) is 71.3 Å². The average molecular weight is 458 g/mol. The molecule has 0 unspecified atom stereocenters. The van der Waals surface area contributed by atoms with E-state index in [-0.39, 0.29) is 34.8 Å². The summed E-state index contributed by atoms with van der Waals surface area (Å²) >= 11 is 0. The van der Waals surface area contributed by atoms with Gasteiger partial charge in [0.15, 0.2) is 0 Å². The third-order valence-corrected chi connectivity index (χ3v) is 5.76. The number of nitrogens with zero attached hydrogens (tertiary/aromatic N) is 1. The molecule has 1 heterocycles. The molecule has 6 nitrogen and oxygen atoms in total. The lowest BCUT2D eigenvalue weighted by Gasteiger charge is -2.36. The fourth-order valence-electron chi connectivity index (χ4n) is 3.88. The Bertz CT molecular complexity index is 987. The van der Waals surface area contributed by atoms with E-state index < -0.39 is 23.6 Å². The summed E-state index contributed by atoms with van der Waals surface area (Å²) in [6, 6.07) is 10.2. The Morgan fingerprint density at radius 1 is 1.00 bits per heavy atom. The fourth-order valence-corrected chi connectivity index (χ4v) is 3.88. The number of halogens is 2. The lowest BCUT2D eigenvalue weighted by atomic mass is 9.88. The summed E-state index contributed by atoms with van der Waals surface area (Å²) in [6.07, 6.45) is 0.952. The van der Waals surface area contributed by atoms with Crippen LogP contribution < -0.4 is 10.6 Å². The number of hydrogen-bond acceptors (Lipinski definition) is 3. The predicted molar refractivity (Wildman–Crippen MR) is 121 cm³/mol. The second-order valence-electron chi connectivity index (χ2n) is 8.71. The van der Waals surface area contributed by atoms with Gasteiger partial charge in [-0.25, -0.2) is 8.78 Å². The number of benzene rings is 2. The van der Waals surface area contributed by atoms with Crippen LogP contribution in [0, 0.1) is 23.5 Å². The maximum atomic E-state index is 14.0. The van der Waals surface area contributed by atoms with E-state index >= 15 is 0 Å². The molecule has 1 aliphatic heterocycles. The molecule has 3 amide bonds. The number of piperidine rings is 1. The highest BCUT2D eigenvalue weighted by molar-refractivity contribution is 5.97. The van der Waals surface area contributed by atoms with E-state index in [2.05, 4.69) is 10.6 Å². The summed E-state index contributed by atoms with van der Waals surface area (Å²) in [7, 11) is 0. The first-order valence-corrected chi connectivity index (χ1v) is 11.1. The van der Waals surface area contributed by atoms with Crippen LogP contribution in [0.4, 0.5) is 8.78 Å². The van der Waals surface area contributed by atoms with E-state index in [1.807, 2.05) is 13.8 Å². The molecule has 0 bridgehead atoms. The van der Waals surface area contributed by atoms with Gasteiger partial charge in [0.1, 0.15) is 17.7 Å². The minimum atomic E-state index is -0.799. The van der Waals surface area contributed by atoms with Crippen LogP contribution >= 0.6 is 0 Å². The minimum absolute atomic E-state index is 0.0202. The molecule has 0 spiro atoms. The lowest BCUT2D eigenvalue weighted by Crippen LogP contribution is -2.54. The molecule has 0 aromatic heterocycles. The van der Waals surface area contributed by atoms with Crippen LogP contribution in [-0.4, -0.2) is 48.3 Å². The van der Waals surface area contributed by atoms with Crippen LogP contribution in [0.15, 0.2) is 48.5 Å². The smallest absolute Gasteiger partial charge is 0.256 e. The second kappa shape index (κ2) is 11.0. The molecule has 1 aliphatic rings. The molecule has 0 radical (unpaired) electrons. The van der Waals surface area contributed by atoms with Gasteiger partial charge in [-0.05, 0) is 61.1 Å². The van der Waals surface area contributed by atoms with Crippen LogP contribution in [-0.2, 0) is 4.79 Å². The molecule has 2 aromatic rings. The Morgan fingerprint density at radius 2 is 1.64 bits per heavy atom. The number of carbonyl (C=O) groups excluding carboxylic acids is 3. The van der Waals surface area contributed by atoms with Crippen molar-refractivity contribution in [1.29, 1.82) is 0 Å². The minimum Gasteiger partial charge on any atom is -0.354 e. The summed E-state index contributed by atoms with van der Waals surface area (Å²) in [4.78, 5) is 39.9. The molecule has 1 atom stereocenters. The zero-order valence-electron chi connectivity index (χ0n) is 18.8. The molecular formula is C25H29F2N3O3. The van der Waals surface area contributed by atoms with Crippen molar-refractivity contribution in [3.8, 4) is 0 Å². The highest BCUT2D eigenvalue weighted by atomic mass is 19.1. The van der Waals surface area contributed by atoms with Crippen LogP contribution in [0.1, 0.15) is 47.4 Å². The van der Waals surface area contributed by atoms with Gasteiger partial charge in [0.05, 0.1) is 5.56 Å². The number of likely N-dealkylation sites (tertiary alicyclic amines) is 1. The van der Waals surface area contributed by atoms with Crippen molar-refractivity contribution in [2.45, 2.75) is 32.7 Å². The Labute approximate surface area is 192 Å². The first-order valence-electron chi connectivity index (χ1n) is 11.1. The van der Waals surface area contributed by atoms with Gasteiger partial charge in [-0.1, -0.05) is 26.0 Å². The Hall–Kier alpha value is -3.29. The summed E-state index contributed by atoms with van der Waals surface area (Å²) in [5.41, 5.74) is 0.275. The highest BCUT2D eigenvalue weighted by Crippen LogP contribution is 2.23. The monoisotopic (exact) mass is 457 g/mol. The molecule has 1 saturated heterocycles. The van der Waals surface area contributed by atoms with Gasteiger partial charge in [0.25, 0.3) is 11.8 Å². The van der Waals surface area contributed by atoms with Gasteiger partial charge < -0.3 is 15.5 Å². The van der Waals surface area contributed by atoms with Crippen molar-refractivity contribution in [2.24, 2.45) is 11.8 Å². The van der Waals surface area contributed by atoms with Gasteiger partial charge >= 0.3 is 0 Å². The largest absolute Gasteiger partial charge is 0.354 e. The normalized spacial score (nSPS) is 15.2. The van der Waals surface area contributed by atoms with Crippen LogP contribution in [0.3, 0.4) is 0 Å². The second-order valence-corrected chi connectivity index (χ2v) is 8.71. The standard InChI is InChI=1S/C25H29F2N3O3/c1-16(2)15-28-24(32)22(29-23(31)18-7-9-19(26)10-8-18)17-11-13-30(14-12-17)25(33)20-5-3-4-6-21(20)27/h3-10,16-17,22H,11-15H2,1-2H3,(H,28,32)(H,29,31)/t22-/m0/s1. The Balaban J connectivity index is 1.69. The molecule has 2 aromatic carbocycles. The topological polar surface area (TPSA) is 78.5 Å². The molecule has 33 heavy (non-hydrogen) atoms. The van der Waals surface area contributed by atoms with Gasteiger partial charge in [-0.3, -0.25) is 14.4 Å². The quantitative estimate of drug-likeness (QED) is 0.669. The Morgan fingerprint density at radius 3 is 2.24 bits per heavy atom. The molecule has 0 saturated carbocycles. The first kappa shape index (κ1) is 24.4. The first-order chi connectivity index (χ1) is 15.8. The van der Waals surface area contributed by atoms with Gasteiger partial charge in [0, 0.05) is 25.2 Å². The molecule has 0 aliphatic carbocycles. The maximum Gasteiger partial charge on any atom is 0.256 e. The summed E-state index contributed by atoms with van der Waals surface area (Å²) in [5.74, 6) is -2.13. The average Bonchev–Trinajstić information content (AvgIpc) is 2.81. The van der Waals surface area contributed by atoms with Crippen molar-refractivity contribution in [2.75, 3.05) is 19.6 Å². The van der Waals surface area contributed by atoms with Gasteiger partial charge in [-0.15, -0.1) is 0 Å². The number of carbonyl (C=O) groups is 3. The molecule has 176 valence electrons. The van der Waals surface area contributed by atoms with Crippen LogP contribution in [0.5, 0.6) is 0 Å². The van der Waals surface area contributed by atoms with Crippen LogP contribution in [0.2, 0.25) is 0 Å². The SMILES string of the molecule is CC(C)CNC(=O)[C@@H](NC(=O)c1ccc(F)cc1)C1CCN(C(=O)c2ccccc2F)CC1. The predicted octanol–water partition coefficient (Wildman–Crippen LogP) is 3.39. The lowest BCUT2D eigenvalue weighted by molar-refractivity contribution is -0.124. The molecule has 3 rings (SSSR count). The highest BCUT2D eigenvalue weighted by Gasteiger charge is 2.34. The van der Waals surface area contributed by atoms with Gasteiger partial charge in [-0.2, -0.15) is 0 Å². The number of amides is 3. The maximum absolute atomic E-state index is 14.0. The summed E-state index contributed by atoms with van der Waals surface area (Å²) < 4.78 is 27.2. The molecular weight excluding hydrogens is 428 g/mol. The number of rotatable bonds is 7. The zero-order chi connectivity index (χ0) is 24.0. The summed E-state index contributed by atoms with van der Waals surface area (Å²) in [6.45, 7) is 5.10. The van der Waals surface area contributed by atoms with Crippen LogP contribution in [0.25, 0.3) is 0 Å². The number of nitrogens with one attached hydrogen (secondary N) is 2. The van der Waals surface area contributed by atoms with Crippen molar-refractivity contribution in [1.82, 2.24) is 15.5 Å². The van der Waals surface area contributed by atoms with E-state index in [0.29, 0.717) is 32.5 Å². The van der Waals surface area contributed by atoms with E-state index in [1.54, 1.807) is 11.0 Å². The Kier molecular flexibility index (Phi) is 8.14. The van der Waals surface area contributed by atoms with Gasteiger partial charge in [0.2, 0.25) is 5.91 Å². The van der Waals surface area contributed by atoms with E-state index in [0.717, 1.165) is 0 Å². The van der Waals surface area contributed by atoms with E-state index in [4.69, 9.17) is 0 Å². The third-order valence-electron chi connectivity index (χ3n) is 5.76. The molecule has 8 heteroatoms. The fraction of sp³-hybridized carbons (Fsp3) is 0.400. The van der Waals surface area contributed by atoms with Crippen molar-refractivity contribution in [3.63, 3.8) is 0 Å². The van der Waals surface area contributed by atoms with E-state index in [1.165, 1.54) is 42.5 Å². The molecule has 2 N–H and O–H groups in total. The third kappa shape index (κ3) is 6.37. The van der Waals surface area contributed by atoms with Crippen molar-refractivity contribution >= 4 is 17.7 Å². The molecule has 1 fully saturated rings. The number of hydrogen-bond donors (Lipinski definition) is 2. The van der Waals surface area contributed by atoms with E-state index in [9.17, 15) is 23.2 Å². The zero-order valence-corrected chi connectivity index (χ0v) is 18.8.